The molecule has 0 saturated carbocycles. The highest BCUT2D eigenvalue weighted by Gasteiger charge is 2.30. The largest absolute Gasteiger partial charge is 0.492 e. The van der Waals surface area contributed by atoms with Gasteiger partial charge in [-0.1, -0.05) is 19.9 Å². The van der Waals surface area contributed by atoms with Crippen molar-refractivity contribution in [3.63, 3.8) is 0 Å². The van der Waals surface area contributed by atoms with Crippen LogP contribution in [0.5, 0.6) is 5.75 Å². The van der Waals surface area contributed by atoms with Crippen LogP contribution in [0.2, 0.25) is 0 Å². The van der Waals surface area contributed by atoms with Crippen molar-refractivity contribution >= 4 is 5.91 Å². The molecule has 3 rings (SSSR count). The number of halogens is 3. The summed E-state index contributed by atoms with van der Waals surface area (Å²) in [6.07, 6.45) is -3.49. The second-order valence-electron chi connectivity index (χ2n) is 9.88. The Morgan fingerprint density at radius 3 is 2.28 bits per heavy atom. The molecule has 1 aliphatic rings. The predicted molar refractivity (Wildman–Crippen MR) is 137 cm³/mol. The molecule has 1 saturated heterocycles. The standard InChI is InChI=1S/C28H38F3N3O2/c1-20(2)19-32-12-18-36-26-10-7-23(21(3)22(26)4)11-13-33-14-16-34(17-15-33)27(35)24-5-8-25(9-6-24)28(29,30)31/h5-10,20,32H,11-19H2,1-4H3. The third-order valence-electron chi connectivity index (χ3n) is 6.75. The Morgan fingerprint density at radius 2 is 1.67 bits per heavy atom. The SMILES string of the molecule is Cc1c(CCN2CCN(C(=O)c3ccc(C(F)(F)F)cc3)CC2)ccc(OCCNCC(C)C)c1C. The van der Waals surface area contributed by atoms with Crippen molar-refractivity contribution in [3.8, 4) is 5.75 Å². The average molecular weight is 506 g/mol. The van der Waals surface area contributed by atoms with Gasteiger partial charge in [-0.15, -0.1) is 0 Å². The predicted octanol–water partition coefficient (Wildman–Crippen LogP) is 4.95. The zero-order valence-corrected chi connectivity index (χ0v) is 21.8. The molecule has 2 aromatic rings. The minimum Gasteiger partial charge on any atom is -0.492 e. The third-order valence-corrected chi connectivity index (χ3v) is 6.75. The highest BCUT2D eigenvalue weighted by atomic mass is 19.4. The van der Waals surface area contributed by atoms with Crippen LogP contribution < -0.4 is 10.1 Å². The summed E-state index contributed by atoms with van der Waals surface area (Å²) in [5.74, 6) is 1.33. The molecule has 198 valence electrons. The van der Waals surface area contributed by atoms with Crippen molar-refractivity contribution in [1.82, 2.24) is 15.1 Å². The maximum atomic E-state index is 12.8. The Morgan fingerprint density at radius 1 is 1.00 bits per heavy atom. The van der Waals surface area contributed by atoms with Gasteiger partial charge in [-0.3, -0.25) is 9.69 Å². The smallest absolute Gasteiger partial charge is 0.416 e. The van der Waals surface area contributed by atoms with Crippen LogP contribution >= 0.6 is 0 Å². The summed E-state index contributed by atoms with van der Waals surface area (Å²) in [6, 6.07) is 8.66. The van der Waals surface area contributed by atoms with Crippen LogP contribution in [0.15, 0.2) is 36.4 Å². The molecule has 36 heavy (non-hydrogen) atoms. The number of hydrogen-bond donors (Lipinski definition) is 1. The van der Waals surface area contributed by atoms with Crippen LogP contribution in [0, 0.1) is 19.8 Å². The van der Waals surface area contributed by atoms with Gasteiger partial charge in [0.15, 0.2) is 0 Å². The topological polar surface area (TPSA) is 44.8 Å². The lowest BCUT2D eigenvalue weighted by molar-refractivity contribution is -0.137. The van der Waals surface area contributed by atoms with E-state index < -0.39 is 11.7 Å². The Hall–Kier alpha value is -2.58. The fraction of sp³-hybridized carbons (Fsp3) is 0.536. The van der Waals surface area contributed by atoms with Gasteiger partial charge in [0.25, 0.3) is 5.91 Å². The maximum absolute atomic E-state index is 12.8. The van der Waals surface area contributed by atoms with Gasteiger partial charge >= 0.3 is 6.18 Å². The minimum absolute atomic E-state index is 0.218. The molecule has 2 aromatic carbocycles. The Labute approximate surface area is 212 Å². The summed E-state index contributed by atoms with van der Waals surface area (Å²) in [7, 11) is 0. The van der Waals surface area contributed by atoms with Gasteiger partial charge in [0.05, 0.1) is 5.56 Å². The number of amides is 1. The van der Waals surface area contributed by atoms with Crippen molar-refractivity contribution in [3.05, 3.63) is 64.2 Å². The maximum Gasteiger partial charge on any atom is 0.416 e. The van der Waals surface area contributed by atoms with E-state index in [9.17, 15) is 18.0 Å². The highest BCUT2D eigenvalue weighted by Crippen LogP contribution is 2.29. The quantitative estimate of drug-likeness (QED) is 0.465. The molecule has 1 amide bonds. The molecule has 8 heteroatoms. The molecule has 5 nitrogen and oxygen atoms in total. The van der Waals surface area contributed by atoms with Gasteiger partial charge < -0.3 is 15.0 Å². The number of rotatable bonds is 10. The van der Waals surface area contributed by atoms with E-state index in [-0.39, 0.29) is 5.91 Å². The number of ether oxygens (including phenoxy) is 1. The molecule has 0 spiro atoms. The van der Waals surface area contributed by atoms with Crippen LogP contribution in [0.1, 0.15) is 46.5 Å². The number of nitrogens with one attached hydrogen (secondary N) is 1. The van der Waals surface area contributed by atoms with E-state index in [0.717, 1.165) is 57.0 Å². The molecular weight excluding hydrogens is 467 g/mol. The number of carbonyl (C=O) groups is 1. The van der Waals surface area contributed by atoms with Crippen molar-refractivity contribution in [1.29, 1.82) is 0 Å². The summed E-state index contributed by atoms with van der Waals surface area (Å²) in [4.78, 5) is 16.8. The second-order valence-corrected chi connectivity index (χ2v) is 9.88. The Bertz CT molecular complexity index is 998. The fourth-order valence-electron chi connectivity index (χ4n) is 4.34. The molecule has 0 atom stereocenters. The van der Waals surface area contributed by atoms with E-state index in [1.54, 1.807) is 4.90 Å². The molecule has 1 aliphatic heterocycles. The molecule has 0 unspecified atom stereocenters. The van der Waals surface area contributed by atoms with E-state index >= 15 is 0 Å². The highest BCUT2D eigenvalue weighted by molar-refractivity contribution is 5.94. The number of piperazine rings is 1. The van der Waals surface area contributed by atoms with E-state index in [1.165, 1.54) is 28.8 Å². The zero-order valence-electron chi connectivity index (χ0n) is 21.8. The lowest BCUT2D eigenvalue weighted by Gasteiger charge is -2.35. The van der Waals surface area contributed by atoms with E-state index in [0.29, 0.717) is 31.2 Å². The second kappa shape index (κ2) is 12.6. The Balaban J connectivity index is 1.45. The van der Waals surface area contributed by atoms with Crippen molar-refractivity contribution in [2.75, 3.05) is 52.4 Å². The summed E-state index contributed by atoms with van der Waals surface area (Å²) in [5.41, 5.74) is 3.26. The molecule has 0 aromatic heterocycles. The first-order valence-electron chi connectivity index (χ1n) is 12.7. The summed E-state index contributed by atoms with van der Waals surface area (Å²) in [6.45, 7) is 14.6. The van der Waals surface area contributed by atoms with Crippen molar-refractivity contribution in [2.24, 2.45) is 5.92 Å². The van der Waals surface area contributed by atoms with Gasteiger partial charge in [-0.05, 0) is 79.8 Å². The fourth-order valence-corrected chi connectivity index (χ4v) is 4.34. The number of nitrogens with zero attached hydrogens (tertiary/aromatic N) is 2. The zero-order chi connectivity index (χ0) is 26.3. The monoisotopic (exact) mass is 505 g/mol. The van der Waals surface area contributed by atoms with Crippen LogP contribution in [0.3, 0.4) is 0 Å². The van der Waals surface area contributed by atoms with Crippen LogP contribution in [0.25, 0.3) is 0 Å². The molecule has 0 radical (unpaired) electrons. The van der Waals surface area contributed by atoms with E-state index in [2.05, 4.69) is 50.0 Å². The number of alkyl halides is 3. The Kier molecular flexibility index (Phi) is 9.79. The first-order chi connectivity index (χ1) is 17.1. The number of carbonyl (C=O) groups excluding carboxylic acids is 1. The van der Waals surface area contributed by atoms with Crippen LogP contribution in [0.4, 0.5) is 13.2 Å². The molecule has 1 heterocycles. The van der Waals surface area contributed by atoms with Gasteiger partial charge in [0.2, 0.25) is 0 Å². The lowest BCUT2D eigenvalue weighted by Crippen LogP contribution is -2.49. The summed E-state index contributed by atoms with van der Waals surface area (Å²) in [5, 5.41) is 3.39. The van der Waals surface area contributed by atoms with Gasteiger partial charge in [-0.25, -0.2) is 0 Å². The van der Waals surface area contributed by atoms with Crippen molar-refractivity contribution < 1.29 is 22.7 Å². The van der Waals surface area contributed by atoms with E-state index in [4.69, 9.17) is 4.74 Å². The van der Waals surface area contributed by atoms with Crippen molar-refractivity contribution in [2.45, 2.75) is 40.3 Å². The lowest BCUT2D eigenvalue weighted by atomic mass is 9.99. The average Bonchev–Trinajstić information content (AvgIpc) is 2.85. The minimum atomic E-state index is -4.40. The third kappa shape index (κ3) is 7.71. The molecule has 0 aliphatic carbocycles. The van der Waals surface area contributed by atoms with Gasteiger partial charge in [0, 0.05) is 44.8 Å². The van der Waals surface area contributed by atoms with Crippen LogP contribution in [-0.2, 0) is 12.6 Å². The molecule has 1 N–H and O–H groups in total. The molecule has 1 fully saturated rings. The van der Waals surface area contributed by atoms with Gasteiger partial charge in [0.1, 0.15) is 12.4 Å². The van der Waals surface area contributed by atoms with E-state index in [1.807, 2.05) is 0 Å². The number of hydrogen-bond acceptors (Lipinski definition) is 4. The first kappa shape index (κ1) is 28.0. The summed E-state index contributed by atoms with van der Waals surface area (Å²) < 4.78 is 44.3. The normalized spacial score (nSPS) is 14.9. The first-order valence-corrected chi connectivity index (χ1v) is 12.7. The van der Waals surface area contributed by atoms with Gasteiger partial charge in [-0.2, -0.15) is 13.2 Å². The van der Waals surface area contributed by atoms with Crippen LogP contribution in [-0.4, -0.2) is 68.1 Å². The number of benzene rings is 2. The molecular formula is C28H38F3N3O2. The molecule has 0 bridgehead atoms. The summed E-state index contributed by atoms with van der Waals surface area (Å²) >= 11 is 0.